The number of halogens is 2. The molecule has 0 aliphatic carbocycles. The lowest BCUT2D eigenvalue weighted by atomic mass is 10.1. The number of imidazole rings is 1. The summed E-state index contributed by atoms with van der Waals surface area (Å²) in [5.74, 6) is 0.204. The Labute approximate surface area is 199 Å². The minimum atomic E-state index is -1.73. The highest BCUT2D eigenvalue weighted by molar-refractivity contribution is 7.41. The zero-order valence-electron chi connectivity index (χ0n) is 17.0. The highest BCUT2D eigenvalue weighted by atomic mass is 35.5. The van der Waals surface area contributed by atoms with Crippen LogP contribution in [-0.4, -0.2) is 61.3 Å². The first-order valence-corrected chi connectivity index (χ1v) is 11.9. The highest BCUT2D eigenvalue weighted by Gasteiger charge is 2.45. The van der Waals surface area contributed by atoms with Gasteiger partial charge in [-0.15, -0.1) is 0 Å². The van der Waals surface area contributed by atoms with Crippen LogP contribution in [0.25, 0.3) is 11.2 Å². The lowest BCUT2D eigenvalue weighted by Crippen LogP contribution is -2.33. The third-order valence-electron chi connectivity index (χ3n) is 5.44. The van der Waals surface area contributed by atoms with Crippen LogP contribution in [0.15, 0.2) is 30.9 Å². The molecule has 2 aliphatic rings. The standard InChI is InChI=1S/C19H20Cl2N5O6P/c20-9-1-2-11(21)10(5-9)12-3-4-29-33(32-12)30-6-13-15(27)16(28)19(31-13)26-8-25-14-17(22)23-7-24-18(14)26/h1-2,5,7-8,12-13,15-16,19,27-28H,3-4,6H2,(H2,22,23,24)/t12-,13-,15-,16-,19-,33+/m1/s1. The SMILES string of the molecule is Nc1ncnc2c1ncn2[C@@H]1O[C@H](CO[P@]2OCC[C@H](c3cc(Cl)ccc3Cl)O2)[C@@H](O)[C@H]1O. The Morgan fingerprint density at radius 3 is 2.91 bits per heavy atom. The summed E-state index contributed by atoms with van der Waals surface area (Å²) in [5.41, 5.74) is 7.33. The van der Waals surface area contributed by atoms with E-state index in [-0.39, 0.29) is 18.5 Å². The molecule has 2 aromatic heterocycles. The summed E-state index contributed by atoms with van der Waals surface area (Å²) in [7, 11) is -1.73. The Bertz CT molecular complexity index is 1160. The highest BCUT2D eigenvalue weighted by Crippen LogP contribution is 2.51. The second-order valence-corrected chi connectivity index (χ2v) is 9.55. The molecule has 33 heavy (non-hydrogen) atoms. The molecule has 5 rings (SSSR count). The van der Waals surface area contributed by atoms with E-state index in [9.17, 15) is 10.2 Å². The maximum absolute atomic E-state index is 10.6. The van der Waals surface area contributed by atoms with E-state index in [4.69, 9.17) is 47.2 Å². The van der Waals surface area contributed by atoms with Crippen molar-refractivity contribution in [2.75, 3.05) is 18.9 Å². The van der Waals surface area contributed by atoms with E-state index in [0.29, 0.717) is 34.2 Å². The third kappa shape index (κ3) is 4.53. The molecular formula is C19H20Cl2N5O6P. The van der Waals surface area contributed by atoms with Crippen LogP contribution >= 0.6 is 31.8 Å². The van der Waals surface area contributed by atoms with Crippen molar-refractivity contribution in [1.29, 1.82) is 0 Å². The van der Waals surface area contributed by atoms with Crippen LogP contribution in [0, 0.1) is 0 Å². The number of nitrogen functional groups attached to an aromatic ring is 1. The van der Waals surface area contributed by atoms with Gasteiger partial charge in [0.15, 0.2) is 17.7 Å². The summed E-state index contributed by atoms with van der Waals surface area (Å²) in [4.78, 5) is 12.2. The van der Waals surface area contributed by atoms with Gasteiger partial charge in [-0.3, -0.25) is 4.57 Å². The monoisotopic (exact) mass is 515 g/mol. The lowest BCUT2D eigenvalue weighted by Gasteiger charge is -2.29. The van der Waals surface area contributed by atoms with Gasteiger partial charge in [0.05, 0.1) is 25.6 Å². The van der Waals surface area contributed by atoms with Crippen LogP contribution in [0.2, 0.25) is 10.0 Å². The Balaban J connectivity index is 1.24. The Kier molecular flexibility index (Phi) is 6.67. The summed E-state index contributed by atoms with van der Waals surface area (Å²) in [5, 5.41) is 22.2. The van der Waals surface area contributed by atoms with Crippen molar-refractivity contribution in [3.8, 4) is 0 Å². The zero-order chi connectivity index (χ0) is 23.1. The minimum Gasteiger partial charge on any atom is -0.387 e. The number of ether oxygens (including phenoxy) is 1. The molecular weight excluding hydrogens is 496 g/mol. The van der Waals surface area contributed by atoms with E-state index in [0.717, 1.165) is 5.56 Å². The van der Waals surface area contributed by atoms with E-state index >= 15 is 0 Å². The van der Waals surface area contributed by atoms with Crippen LogP contribution in [0.3, 0.4) is 0 Å². The number of anilines is 1. The maximum atomic E-state index is 10.6. The van der Waals surface area contributed by atoms with Crippen LogP contribution in [0.5, 0.6) is 0 Å². The van der Waals surface area contributed by atoms with Gasteiger partial charge >= 0.3 is 8.60 Å². The average molecular weight is 516 g/mol. The molecule has 0 amide bonds. The average Bonchev–Trinajstić information content (AvgIpc) is 3.36. The van der Waals surface area contributed by atoms with Gasteiger partial charge in [-0.05, 0) is 18.2 Å². The van der Waals surface area contributed by atoms with Crippen molar-refractivity contribution in [2.45, 2.75) is 37.1 Å². The van der Waals surface area contributed by atoms with Gasteiger partial charge in [-0.25, -0.2) is 15.0 Å². The largest absolute Gasteiger partial charge is 0.387 e. The number of fused-ring (bicyclic) bond motifs is 1. The predicted octanol–water partition coefficient (Wildman–Crippen LogP) is 2.76. The molecule has 1 aromatic carbocycles. The van der Waals surface area contributed by atoms with Gasteiger partial charge < -0.3 is 34.3 Å². The van der Waals surface area contributed by atoms with Gasteiger partial charge in [-0.1, -0.05) is 23.2 Å². The molecule has 4 N–H and O–H groups in total. The molecule has 0 unspecified atom stereocenters. The number of rotatable bonds is 5. The van der Waals surface area contributed by atoms with Gasteiger partial charge in [0.2, 0.25) is 0 Å². The van der Waals surface area contributed by atoms with Crippen LogP contribution < -0.4 is 5.73 Å². The molecule has 2 fully saturated rings. The van der Waals surface area contributed by atoms with Gasteiger partial charge in [-0.2, -0.15) is 0 Å². The summed E-state index contributed by atoms with van der Waals surface area (Å²) in [6.45, 7) is 0.334. The van der Waals surface area contributed by atoms with Crippen molar-refractivity contribution in [3.63, 3.8) is 0 Å². The number of nitrogens with two attached hydrogens (primary N) is 1. The first-order chi connectivity index (χ1) is 15.9. The molecule has 2 saturated heterocycles. The van der Waals surface area contributed by atoms with Crippen LogP contribution in [0.4, 0.5) is 5.82 Å². The number of hydrogen-bond acceptors (Lipinski definition) is 10. The Morgan fingerprint density at radius 1 is 1.21 bits per heavy atom. The third-order valence-corrected chi connectivity index (χ3v) is 7.20. The van der Waals surface area contributed by atoms with Gasteiger partial charge in [0.25, 0.3) is 0 Å². The van der Waals surface area contributed by atoms with Crippen molar-refractivity contribution in [2.24, 2.45) is 0 Å². The fourth-order valence-corrected chi connectivity index (χ4v) is 5.32. The molecule has 0 bridgehead atoms. The van der Waals surface area contributed by atoms with E-state index in [2.05, 4.69) is 15.0 Å². The summed E-state index contributed by atoms with van der Waals surface area (Å²) in [6, 6.07) is 5.17. The first-order valence-electron chi connectivity index (χ1n) is 10.0. The minimum absolute atomic E-state index is 0.0693. The second-order valence-electron chi connectivity index (χ2n) is 7.53. The van der Waals surface area contributed by atoms with E-state index in [1.54, 1.807) is 18.2 Å². The molecule has 2 aliphatic heterocycles. The molecule has 6 atom stereocenters. The Morgan fingerprint density at radius 2 is 2.06 bits per heavy atom. The topological polar surface area (TPSA) is 147 Å². The molecule has 0 radical (unpaired) electrons. The molecule has 0 saturated carbocycles. The number of aliphatic hydroxyl groups excluding tert-OH is 2. The predicted molar refractivity (Wildman–Crippen MR) is 119 cm³/mol. The molecule has 176 valence electrons. The smallest absolute Gasteiger partial charge is 0.333 e. The van der Waals surface area contributed by atoms with Crippen LogP contribution in [-0.2, 0) is 18.3 Å². The quantitative estimate of drug-likeness (QED) is 0.433. The molecule has 4 heterocycles. The fraction of sp³-hybridized carbons (Fsp3) is 0.421. The molecule has 3 aromatic rings. The summed E-state index contributed by atoms with van der Waals surface area (Å²) in [6.07, 6.45) is -1.28. The van der Waals surface area contributed by atoms with E-state index in [1.807, 2.05) is 0 Å². The second kappa shape index (κ2) is 9.53. The first kappa shape index (κ1) is 23.1. The normalized spacial score (nSPS) is 30.2. The van der Waals surface area contributed by atoms with Gasteiger partial charge in [0.1, 0.15) is 30.2 Å². The lowest BCUT2D eigenvalue weighted by molar-refractivity contribution is -0.0529. The number of aliphatic hydroxyl groups is 2. The number of aromatic nitrogens is 4. The number of nitrogens with zero attached hydrogens (tertiary/aromatic N) is 4. The van der Waals surface area contributed by atoms with Gasteiger partial charge in [0, 0.05) is 22.0 Å². The van der Waals surface area contributed by atoms with Crippen LogP contribution in [0.1, 0.15) is 24.3 Å². The van der Waals surface area contributed by atoms with E-state index in [1.165, 1.54) is 17.2 Å². The number of benzene rings is 1. The van der Waals surface area contributed by atoms with E-state index < -0.39 is 33.1 Å². The Hall–Kier alpha value is -1.66. The number of hydrogen-bond donors (Lipinski definition) is 3. The van der Waals surface area contributed by atoms with Crippen molar-refractivity contribution >= 4 is 48.8 Å². The maximum Gasteiger partial charge on any atom is 0.333 e. The van der Waals surface area contributed by atoms with Crippen molar-refractivity contribution in [3.05, 3.63) is 46.5 Å². The summed E-state index contributed by atoms with van der Waals surface area (Å²) >= 11 is 12.4. The zero-order valence-corrected chi connectivity index (χ0v) is 19.4. The van der Waals surface area contributed by atoms with Crippen molar-refractivity contribution in [1.82, 2.24) is 19.5 Å². The summed E-state index contributed by atoms with van der Waals surface area (Å²) < 4.78 is 24.6. The molecule has 11 nitrogen and oxygen atoms in total. The van der Waals surface area contributed by atoms with Crippen molar-refractivity contribution < 1.29 is 28.5 Å². The molecule has 14 heteroatoms. The molecule has 0 spiro atoms. The fourth-order valence-electron chi connectivity index (χ4n) is 3.75.